The highest BCUT2D eigenvalue weighted by atomic mass is 16.5. The minimum absolute atomic E-state index is 0.0368. The molecule has 1 aromatic carbocycles. The van der Waals surface area contributed by atoms with E-state index >= 15 is 0 Å². The van der Waals surface area contributed by atoms with Crippen LogP contribution in [0.3, 0.4) is 0 Å². The Kier molecular flexibility index (Phi) is 6.25. The van der Waals surface area contributed by atoms with Crippen molar-refractivity contribution in [2.75, 3.05) is 27.3 Å². The largest absolute Gasteiger partial charge is 0.497 e. The Bertz CT molecular complexity index is 792. The third-order valence-corrected chi connectivity index (χ3v) is 4.33. The van der Waals surface area contributed by atoms with Crippen molar-refractivity contribution in [1.29, 1.82) is 0 Å². The summed E-state index contributed by atoms with van der Waals surface area (Å²) in [5.74, 6) is 1.45. The fourth-order valence-electron chi connectivity index (χ4n) is 2.91. The Hall–Kier alpha value is -3.09. The van der Waals surface area contributed by atoms with E-state index in [4.69, 9.17) is 14.2 Å². The molecule has 1 unspecified atom stereocenters. The van der Waals surface area contributed by atoms with E-state index < -0.39 is 0 Å². The molecule has 0 spiro atoms. The van der Waals surface area contributed by atoms with E-state index in [1.165, 1.54) is 7.11 Å². The van der Waals surface area contributed by atoms with Crippen LogP contribution in [0.4, 0.5) is 0 Å². The predicted molar refractivity (Wildman–Crippen MR) is 101 cm³/mol. The summed E-state index contributed by atoms with van der Waals surface area (Å²) >= 11 is 0. The lowest BCUT2D eigenvalue weighted by atomic mass is 10.1. The molecule has 3 rings (SSSR count). The summed E-state index contributed by atoms with van der Waals surface area (Å²) in [4.78, 5) is 22.6. The first-order valence-corrected chi connectivity index (χ1v) is 8.82. The lowest BCUT2D eigenvalue weighted by molar-refractivity contribution is -0.128. The number of aromatic nitrogens is 2. The highest BCUT2D eigenvalue weighted by Crippen LogP contribution is 2.24. The van der Waals surface area contributed by atoms with Crippen LogP contribution in [0, 0.1) is 0 Å². The first-order chi connectivity index (χ1) is 13.2. The number of ether oxygens (including phenoxy) is 3. The molecule has 0 aliphatic carbocycles. The lowest BCUT2D eigenvalue weighted by Crippen LogP contribution is -2.43. The minimum Gasteiger partial charge on any atom is -0.497 e. The van der Waals surface area contributed by atoms with Crippen molar-refractivity contribution in [1.82, 2.24) is 14.9 Å². The number of benzene rings is 1. The molecule has 7 nitrogen and oxygen atoms in total. The first kappa shape index (κ1) is 18.7. The Morgan fingerprint density at radius 1 is 1.11 bits per heavy atom. The van der Waals surface area contributed by atoms with Crippen LogP contribution in [0.2, 0.25) is 0 Å². The quantitative estimate of drug-likeness (QED) is 0.729. The molecule has 1 fully saturated rings. The van der Waals surface area contributed by atoms with Crippen molar-refractivity contribution in [3.8, 4) is 17.5 Å². The maximum atomic E-state index is 12.5. The van der Waals surface area contributed by atoms with Gasteiger partial charge in [0, 0.05) is 25.0 Å². The van der Waals surface area contributed by atoms with Gasteiger partial charge in [-0.2, -0.15) is 0 Å². The molecule has 0 bridgehead atoms. The average molecular weight is 369 g/mol. The van der Waals surface area contributed by atoms with Gasteiger partial charge in [-0.15, -0.1) is 0 Å². The van der Waals surface area contributed by atoms with Crippen LogP contribution < -0.4 is 14.2 Å². The first-order valence-electron chi connectivity index (χ1n) is 8.82. The average Bonchev–Trinajstić information content (AvgIpc) is 2.73. The van der Waals surface area contributed by atoms with Gasteiger partial charge in [0.2, 0.25) is 5.91 Å². The normalized spacial score (nSPS) is 17.0. The number of likely N-dealkylation sites (tertiary alicyclic amines) is 1. The topological polar surface area (TPSA) is 73.8 Å². The zero-order valence-corrected chi connectivity index (χ0v) is 15.5. The highest BCUT2D eigenvalue weighted by Gasteiger charge is 2.25. The van der Waals surface area contributed by atoms with Gasteiger partial charge >= 0.3 is 0 Å². The minimum atomic E-state index is -0.136. The Balaban J connectivity index is 1.59. The van der Waals surface area contributed by atoms with Crippen LogP contribution in [0.5, 0.6) is 17.5 Å². The van der Waals surface area contributed by atoms with E-state index in [9.17, 15) is 4.79 Å². The molecule has 1 aliphatic heterocycles. The molecule has 0 N–H and O–H groups in total. The van der Waals surface area contributed by atoms with Crippen LogP contribution in [0.1, 0.15) is 18.4 Å². The molecule has 7 heteroatoms. The number of rotatable bonds is 6. The monoisotopic (exact) mass is 369 g/mol. The molecule has 1 aliphatic rings. The lowest BCUT2D eigenvalue weighted by Gasteiger charge is -2.32. The molecule has 1 amide bonds. The van der Waals surface area contributed by atoms with Crippen molar-refractivity contribution in [2.24, 2.45) is 0 Å². The van der Waals surface area contributed by atoms with E-state index in [0.29, 0.717) is 24.8 Å². The number of piperidine rings is 1. The molecule has 142 valence electrons. The molecular weight excluding hydrogens is 346 g/mol. The molecule has 1 atom stereocenters. The smallest absolute Gasteiger partial charge is 0.278 e. The van der Waals surface area contributed by atoms with Gasteiger partial charge in [-0.05, 0) is 36.6 Å². The number of hydrogen-bond donors (Lipinski definition) is 0. The number of hydrogen-bond acceptors (Lipinski definition) is 6. The van der Waals surface area contributed by atoms with E-state index in [0.717, 1.165) is 24.2 Å². The van der Waals surface area contributed by atoms with Crippen molar-refractivity contribution >= 4 is 12.0 Å². The van der Waals surface area contributed by atoms with Gasteiger partial charge < -0.3 is 19.1 Å². The molecular formula is C20H23N3O4. The van der Waals surface area contributed by atoms with Crippen LogP contribution >= 0.6 is 0 Å². The van der Waals surface area contributed by atoms with Crippen LogP contribution in [-0.4, -0.2) is 54.2 Å². The van der Waals surface area contributed by atoms with Crippen molar-refractivity contribution in [2.45, 2.75) is 18.9 Å². The van der Waals surface area contributed by atoms with Crippen LogP contribution in [0.25, 0.3) is 6.08 Å². The number of nitrogens with zero attached hydrogens (tertiary/aromatic N) is 3. The second kappa shape index (κ2) is 9.02. The molecule has 2 aromatic rings. The highest BCUT2D eigenvalue weighted by molar-refractivity contribution is 5.91. The zero-order chi connectivity index (χ0) is 19.1. The van der Waals surface area contributed by atoms with E-state index in [1.807, 2.05) is 24.3 Å². The number of carbonyl (C=O) groups is 1. The standard InChI is InChI=1S/C20H23N3O4/c1-25-16-8-5-15(6-9-16)7-10-18(24)23-13-3-4-17(14-23)27-20-19(26-2)21-11-12-22-20/h5-12,17H,3-4,13-14H2,1-2H3/b10-7+. The Morgan fingerprint density at radius 2 is 1.85 bits per heavy atom. The van der Waals surface area contributed by atoms with Gasteiger partial charge in [0.25, 0.3) is 11.8 Å². The van der Waals surface area contributed by atoms with Crippen molar-refractivity contribution in [3.05, 3.63) is 48.3 Å². The van der Waals surface area contributed by atoms with Gasteiger partial charge in [-0.1, -0.05) is 12.1 Å². The Morgan fingerprint density at radius 3 is 2.56 bits per heavy atom. The van der Waals surface area contributed by atoms with Gasteiger partial charge in [0.1, 0.15) is 11.9 Å². The van der Waals surface area contributed by atoms with Crippen LogP contribution in [-0.2, 0) is 4.79 Å². The second-order valence-electron chi connectivity index (χ2n) is 6.14. The maximum absolute atomic E-state index is 12.5. The number of amides is 1. The van der Waals surface area contributed by atoms with Crippen molar-refractivity contribution in [3.63, 3.8) is 0 Å². The number of methoxy groups -OCH3 is 2. The van der Waals surface area contributed by atoms with E-state index in [2.05, 4.69) is 9.97 Å². The molecule has 1 saturated heterocycles. The summed E-state index contributed by atoms with van der Waals surface area (Å²) in [7, 11) is 3.15. The molecule has 2 heterocycles. The summed E-state index contributed by atoms with van der Waals surface area (Å²) in [5.41, 5.74) is 0.943. The van der Waals surface area contributed by atoms with Gasteiger partial charge in [-0.3, -0.25) is 4.79 Å². The summed E-state index contributed by atoms with van der Waals surface area (Å²) in [6, 6.07) is 7.54. The third kappa shape index (κ3) is 4.97. The van der Waals surface area contributed by atoms with Crippen LogP contribution in [0.15, 0.2) is 42.7 Å². The summed E-state index contributed by atoms with van der Waals surface area (Å²) in [5, 5.41) is 0. The predicted octanol–water partition coefficient (Wildman–Crippen LogP) is 2.58. The molecule has 0 radical (unpaired) electrons. The maximum Gasteiger partial charge on any atom is 0.278 e. The van der Waals surface area contributed by atoms with Crippen molar-refractivity contribution < 1.29 is 19.0 Å². The third-order valence-electron chi connectivity index (χ3n) is 4.33. The fourth-order valence-corrected chi connectivity index (χ4v) is 2.91. The summed E-state index contributed by atoms with van der Waals surface area (Å²) in [6.07, 6.45) is 8.09. The summed E-state index contributed by atoms with van der Waals surface area (Å²) in [6.45, 7) is 1.22. The molecule has 1 aromatic heterocycles. The number of carbonyl (C=O) groups excluding carboxylic acids is 1. The fraction of sp³-hybridized carbons (Fsp3) is 0.350. The van der Waals surface area contributed by atoms with Gasteiger partial charge in [-0.25, -0.2) is 9.97 Å². The second-order valence-corrected chi connectivity index (χ2v) is 6.14. The van der Waals surface area contributed by atoms with E-state index in [-0.39, 0.29) is 12.0 Å². The zero-order valence-electron chi connectivity index (χ0n) is 15.5. The molecule has 0 saturated carbocycles. The Labute approximate surface area is 158 Å². The van der Waals surface area contributed by atoms with Gasteiger partial charge in [0.05, 0.1) is 20.8 Å². The summed E-state index contributed by atoms with van der Waals surface area (Å²) < 4.78 is 16.2. The SMILES string of the molecule is COc1ccc(/C=C/C(=O)N2CCCC(Oc3nccnc3OC)C2)cc1. The van der Waals surface area contributed by atoms with E-state index in [1.54, 1.807) is 36.6 Å². The van der Waals surface area contributed by atoms with Gasteiger partial charge in [0.15, 0.2) is 0 Å². The molecule has 27 heavy (non-hydrogen) atoms.